The summed E-state index contributed by atoms with van der Waals surface area (Å²) in [4.78, 5) is 32.8. The Balaban J connectivity index is 1.83. The summed E-state index contributed by atoms with van der Waals surface area (Å²) < 4.78 is 0. The monoisotopic (exact) mass is 380 g/mol. The fourth-order valence-corrected chi connectivity index (χ4v) is 2.95. The van der Waals surface area contributed by atoms with Crippen LogP contribution in [-0.2, 0) is 9.59 Å². The Kier molecular flexibility index (Phi) is 5.32. The number of anilines is 2. The molecule has 1 saturated heterocycles. The summed E-state index contributed by atoms with van der Waals surface area (Å²) in [6, 6.07) is 14.9. The summed E-state index contributed by atoms with van der Waals surface area (Å²) in [6.07, 6.45) is 1.37. The van der Waals surface area contributed by atoms with E-state index < -0.39 is 17.7 Å². The first-order chi connectivity index (χ1) is 12.9. The average molecular weight is 380 g/mol. The van der Waals surface area contributed by atoms with Crippen molar-refractivity contribution in [2.24, 2.45) is 10.9 Å². The molecule has 2 aromatic carbocycles. The molecule has 1 atom stereocenters. The second-order valence-electron chi connectivity index (χ2n) is 6.47. The third-order valence-corrected chi connectivity index (χ3v) is 4.52. The first-order valence-corrected chi connectivity index (χ1v) is 8.84. The predicted octanol–water partition coefficient (Wildman–Crippen LogP) is 2.83. The molecule has 138 valence electrons. The van der Waals surface area contributed by atoms with Gasteiger partial charge >= 0.3 is 0 Å². The molecule has 0 aromatic heterocycles. The van der Waals surface area contributed by atoms with Gasteiger partial charge in [-0.15, -0.1) is 0 Å². The van der Waals surface area contributed by atoms with Crippen LogP contribution in [0.1, 0.15) is 5.56 Å². The number of aliphatic imine (C=N–C) groups is 1. The highest BCUT2D eigenvalue weighted by Gasteiger charge is 2.38. The smallest absolute Gasteiger partial charge is 0.251 e. The van der Waals surface area contributed by atoms with Crippen LogP contribution >= 0.6 is 12.2 Å². The number of hydrogen-bond acceptors (Lipinski definition) is 5. The van der Waals surface area contributed by atoms with E-state index in [0.29, 0.717) is 11.4 Å². The number of aryl methyl sites for hydroxylation is 1. The highest BCUT2D eigenvalue weighted by molar-refractivity contribution is 7.80. The highest BCUT2D eigenvalue weighted by atomic mass is 32.1. The molecule has 1 heterocycles. The Bertz CT molecular complexity index is 905. The Morgan fingerprint density at radius 3 is 2.30 bits per heavy atom. The Morgan fingerprint density at radius 2 is 1.70 bits per heavy atom. The van der Waals surface area contributed by atoms with E-state index in [0.717, 1.165) is 11.3 Å². The van der Waals surface area contributed by atoms with Crippen molar-refractivity contribution < 1.29 is 9.59 Å². The number of carbonyl (C=O) groups excluding carboxylic acids is 2. The lowest BCUT2D eigenvalue weighted by Crippen LogP contribution is -2.58. The molecular weight excluding hydrogens is 360 g/mol. The summed E-state index contributed by atoms with van der Waals surface area (Å²) >= 11 is 5.19. The topological polar surface area (TPSA) is 65.0 Å². The molecule has 0 radical (unpaired) electrons. The van der Waals surface area contributed by atoms with Crippen LogP contribution in [0, 0.1) is 12.8 Å². The van der Waals surface area contributed by atoms with Gasteiger partial charge in [0.1, 0.15) is 0 Å². The number of carbonyl (C=O) groups is 2. The van der Waals surface area contributed by atoms with Gasteiger partial charge in [-0.25, -0.2) is 0 Å². The minimum atomic E-state index is -1.04. The number of amides is 2. The zero-order valence-electron chi connectivity index (χ0n) is 15.3. The predicted molar refractivity (Wildman–Crippen MR) is 112 cm³/mol. The first kappa shape index (κ1) is 18.7. The van der Waals surface area contributed by atoms with E-state index in [9.17, 15) is 9.59 Å². The van der Waals surface area contributed by atoms with Crippen molar-refractivity contribution in [3.63, 3.8) is 0 Å². The largest absolute Gasteiger partial charge is 0.378 e. The minimum Gasteiger partial charge on any atom is -0.378 e. The van der Waals surface area contributed by atoms with Crippen LogP contribution in [0.25, 0.3) is 0 Å². The summed E-state index contributed by atoms with van der Waals surface area (Å²) in [6.45, 7) is 1.96. The van der Waals surface area contributed by atoms with Gasteiger partial charge in [-0.2, -0.15) is 0 Å². The van der Waals surface area contributed by atoms with E-state index in [4.69, 9.17) is 12.2 Å². The Morgan fingerprint density at radius 1 is 1.07 bits per heavy atom. The van der Waals surface area contributed by atoms with Gasteiger partial charge in [-0.1, -0.05) is 17.7 Å². The molecule has 0 unspecified atom stereocenters. The normalized spacial score (nSPS) is 17.4. The highest BCUT2D eigenvalue weighted by Crippen LogP contribution is 2.22. The maximum absolute atomic E-state index is 12.9. The lowest BCUT2D eigenvalue weighted by molar-refractivity contribution is -0.130. The fourth-order valence-electron chi connectivity index (χ4n) is 2.66. The van der Waals surface area contributed by atoms with Crippen LogP contribution in [0.4, 0.5) is 17.1 Å². The Labute approximate surface area is 163 Å². The molecule has 1 fully saturated rings. The standard InChI is InChI=1S/C20H20N4O2S/c1-13-4-8-16(9-5-13)24-19(26)17(18(25)22-20(24)27)12-21-14-6-10-15(11-7-14)23(2)3/h4-12,17H,1-3H3,(H,22,25,27)/t17-/m1/s1. The molecule has 1 N–H and O–H groups in total. The van der Waals surface area contributed by atoms with Crippen molar-refractivity contribution in [3.8, 4) is 0 Å². The summed E-state index contributed by atoms with van der Waals surface area (Å²) in [5.74, 6) is -1.92. The summed E-state index contributed by atoms with van der Waals surface area (Å²) in [7, 11) is 3.90. The summed E-state index contributed by atoms with van der Waals surface area (Å²) in [5, 5.41) is 2.66. The van der Waals surface area contributed by atoms with Crippen LogP contribution in [-0.4, -0.2) is 37.2 Å². The number of nitrogens with zero attached hydrogens (tertiary/aromatic N) is 3. The van der Waals surface area contributed by atoms with Crippen molar-refractivity contribution >= 4 is 52.4 Å². The van der Waals surface area contributed by atoms with Crippen molar-refractivity contribution in [1.29, 1.82) is 0 Å². The molecule has 2 aromatic rings. The first-order valence-electron chi connectivity index (χ1n) is 8.44. The third kappa shape index (κ3) is 4.03. The maximum Gasteiger partial charge on any atom is 0.251 e. The van der Waals surface area contributed by atoms with Crippen LogP contribution in [0.15, 0.2) is 53.5 Å². The van der Waals surface area contributed by atoms with Crippen LogP contribution in [0.2, 0.25) is 0 Å². The minimum absolute atomic E-state index is 0.0776. The SMILES string of the molecule is Cc1ccc(N2C(=O)[C@H](C=Nc3ccc(N(C)C)cc3)C(=O)NC2=S)cc1. The van der Waals surface area contributed by atoms with Gasteiger partial charge in [0.15, 0.2) is 11.0 Å². The lowest BCUT2D eigenvalue weighted by Gasteiger charge is -2.30. The molecule has 0 saturated carbocycles. The van der Waals surface area contributed by atoms with E-state index in [1.165, 1.54) is 11.1 Å². The second kappa shape index (κ2) is 7.67. The number of rotatable bonds is 4. The van der Waals surface area contributed by atoms with Gasteiger partial charge in [0.05, 0.1) is 11.4 Å². The van der Waals surface area contributed by atoms with Crippen molar-refractivity contribution in [2.75, 3.05) is 23.9 Å². The van der Waals surface area contributed by atoms with E-state index in [1.54, 1.807) is 12.1 Å². The number of nitrogens with one attached hydrogen (secondary N) is 1. The molecule has 6 nitrogen and oxygen atoms in total. The second-order valence-corrected chi connectivity index (χ2v) is 6.86. The van der Waals surface area contributed by atoms with E-state index in [1.807, 2.05) is 62.3 Å². The number of benzene rings is 2. The van der Waals surface area contributed by atoms with Crippen LogP contribution < -0.4 is 15.1 Å². The lowest BCUT2D eigenvalue weighted by atomic mass is 10.1. The van der Waals surface area contributed by atoms with Gasteiger partial charge in [-0.05, 0) is 55.5 Å². The third-order valence-electron chi connectivity index (χ3n) is 4.23. The Hall–Kier alpha value is -3.06. The van der Waals surface area contributed by atoms with Gasteiger partial charge < -0.3 is 10.2 Å². The molecule has 7 heteroatoms. The molecule has 0 spiro atoms. The van der Waals surface area contributed by atoms with Gasteiger partial charge in [-0.3, -0.25) is 19.5 Å². The van der Waals surface area contributed by atoms with Crippen molar-refractivity contribution in [2.45, 2.75) is 6.92 Å². The molecule has 3 rings (SSSR count). The molecule has 0 bridgehead atoms. The molecule has 1 aliphatic heterocycles. The maximum atomic E-state index is 12.9. The summed E-state index contributed by atoms with van der Waals surface area (Å²) in [5.41, 5.74) is 3.38. The zero-order valence-corrected chi connectivity index (χ0v) is 16.2. The van der Waals surface area contributed by atoms with Crippen molar-refractivity contribution in [1.82, 2.24) is 5.32 Å². The molecule has 27 heavy (non-hydrogen) atoms. The fraction of sp³-hybridized carbons (Fsp3) is 0.200. The molecule has 2 amide bonds. The quantitative estimate of drug-likeness (QED) is 0.503. The van der Waals surface area contributed by atoms with Crippen molar-refractivity contribution in [3.05, 3.63) is 54.1 Å². The van der Waals surface area contributed by atoms with Crippen LogP contribution in [0.5, 0.6) is 0 Å². The molecular formula is C20H20N4O2S. The zero-order chi connectivity index (χ0) is 19.6. The average Bonchev–Trinajstić information content (AvgIpc) is 2.63. The van der Waals surface area contributed by atoms with Gasteiger partial charge in [0, 0.05) is 26.0 Å². The van der Waals surface area contributed by atoms with Gasteiger partial charge in [0.2, 0.25) is 5.91 Å². The molecule has 0 aliphatic carbocycles. The van der Waals surface area contributed by atoms with Crippen LogP contribution in [0.3, 0.4) is 0 Å². The van der Waals surface area contributed by atoms with E-state index >= 15 is 0 Å². The molecule has 1 aliphatic rings. The van der Waals surface area contributed by atoms with E-state index in [-0.39, 0.29) is 5.11 Å². The van der Waals surface area contributed by atoms with E-state index in [2.05, 4.69) is 10.3 Å². The number of hydrogen-bond donors (Lipinski definition) is 1. The van der Waals surface area contributed by atoms with Gasteiger partial charge in [0.25, 0.3) is 5.91 Å². The number of thiocarbonyl (C=S) groups is 1.